The van der Waals surface area contributed by atoms with Crippen LogP contribution in [-0.2, 0) is 20.9 Å². The Bertz CT molecular complexity index is 1800. The number of Topliss-reactive ketones (excluding diaryl/α,β-unsaturated/α-hetero) is 2. The Morgan fingerprint density at radius 2 is 1.88 bits per heavy atom. The molecular formula is C35H39Cl2N7O4. The molecule has 2 unspecified atom stereocenters. The van der Waals surface area contributed by atoms with Crippen LogP contribution in [0, 0.1) is 11.8 Å². The highest BCUT2D eigenvalue weighted by Gasteiger charge is 2.52. The lowest BCUT2D eigenvalue weighted by molar-refractivity contribution is -0.146. The van der Waals surface area contributed by atoms with Gasteiger partial charge in [-0.25, -0.2) is 5.01 Å². The summed E-state index contributed by atoms with van der Waals surface area (Å²) in [5.41, 5.74) is 4.20. The van der Waals surface area contributed by atoms with E-state index < -0.39 is 23.5 Å². The van der Waals surface area contributed by atoms with E-state index in [9.17, 15) is 14.4 Å². The number of ketones is 2. The van der Waals surface area contributed by atoms with Gasteiger partial charge < -0.3 is 15.4 Å². The number of fused-ring (bicyclic) bond motifs is 2. The molecule has 48 heavy (non-hydrogen) atoms. The number of aryl methyl sites for hydroxylation is 1. The van der Waals surface area contributed by atoms with Gasteiger partial charge in [-0.15, -0.1) is 0 Å². The Kier molecular flexibility index (Phi) is 10.6. The predicted octanol–water partition coefficient (Wildman–Crippen LogP) is 3.17. The van der Waals surface area contributed by atoms with Crippen LogP contribution in [0.3, 0.4) is 0 Å². The minimum Gasteiger partial charge on any atom is -0.379 e. The molecule has 13 heteroatoms. The maximum Gasteiger partial charge on any atom is 0.252 e. The minimum absolute atomic E-state index is 0.266. The molecule has 1 amide bonds. The van der Waals surface area contributed by atoms with Crippen molar-refractivity contribution in [2.75, 3.05) is 53.0 Å². The first-order valence-electron chi connectivity index (χ1n) is 16.2. The minimum atomic E-state index is -0.900. The van der Waals surface area contributed by atoms with E-state index in [1.165, 1.54) is 5.01 Å². The van der Waals surface area contributed by atoms with Crippen molar-refractivity contribution in [1.82, 2.24) is 30.3 Å². The summed E-state index contributed by atoms with van der Waals surface area (Å²) in [6.07, 6.45) is 1.61. The number of hydrazine groups is 1. The molecule has 3 aromatic rings. The van der Waals surface area contributed by atoms with E-state index in [0.717, 1.165) is 38.2 Å². The number of carbonyl (C=O) groups is 3. The van der Waals surface area contributed by atoms with Crippen molar-refractivity contribution in [3.63, 3.8) is 0 Å². The zero-order chi connectivity index (χ0) is 33.9. The first-order chi connectivity index (χ1) is 23.2. The number of nitrogens with two attached hydrogens (primary N) is 1. The van der Waals surface area contributed by atoms with Gasteiger partial charge in [-0.05, 0) is 63.7 Å². The molecule has 1 aliphatic carbocycles. The smallest absolute Gasteiger partial charge is 0.252 e. The monoisotopic (exact) mass is 691 g/mol. The van der Waals surface area contributed by atoms with Crippen LogP contribution in [0.4, 0.5) is 0 Å². The summed E-state index contributed by atoms with van der Waals surface area (Å²) in [5, 5.41) is 13.2. The van der Waals surface area contributed by atoms with E-state index in [0.29, 0.717) is 75.9 Å². The third kappa shape index (κ3) is 6.93. The Morgan fingerprint density at radius 1 is 1.06 bits per heavy atom. The van der Waals surface area contributed by atoms with E-state index >= 15 is 0 Å². The number of aromatic nitrogens is 2. The fourth-order valence-electron chi connectivity index (χ4n) is 6.64. The van der Waals surface area contributed by atoms with Gasteiger partial charge in [0.1, 0.15) is 6.04 Å². The van der Waals surface area contributed by atoms with Crippen molar-refractivity contribution < 1.29 is 19.1 Å². The SMILES string of the molecule is CNCCCNC(=O)c1cc(C#Cc2cc(-c3nn(CCCN4CCOCC4C)c4c3[C@H]3C(=O)C(=O)C4CN3N)ccc2Cl)ccc1Cl. The fourth-order valence-corrected chi connectivity index (χ4v) is 7.01. The molecule has 3 aliphatic heterocycles. The Balaban J connectivity index is 1.30. The average Bonchev–Trinajstić information content (AvgIpc) is 3.46. The van der Waals surface area contributed by atoms with Gasteiger partial charge in [0.25, 0.3) is 5.91 Å². The van der Waals surface area contributed by atoms with Crippen molar-refractivity contribution in [2.45, 2.75) is 44.3 Å². The van der Waals surface area contributed by atoms with Gasteiger partial charge >= 0.3 is 0 Å². The summed E-state index contributed by atoms with van der Waals surface area (Å²) < 4.78 is 7.47. The summed E-state index contributed by atoms with van der Waals surface area (Å²) in [7, 11) is 1.86. The van der Waals surface area contributed by atoms with Crippen molar-refractivity contribution in [3.05, 3.63) is 74.4 Å². The number of carbonyl (C=O) groups excluding carboxylic acids is 3. The second kappa shape index (κ2) is 14.9. The van der Waals surface area contributed by atoms with E-state index in [4.69, 9.17) is 38.9 Å². The van der Waals surface area contributed by atoms with Gasteiger partial charge in [-0.1, -0.05) is 41.1 Å². The number of morpholine rings is 1. The molecule has 2 aromatic carbocycles. The number of halogens is 2. The first-order valence-corrected chi connectivity index (χ1v) is 17.0. The number of piperidine rings is 1. The molecule has 2 saturated heterocycles. The van der Waals surface area contributed by atoms with Crippen molar-refractivity contribution in [2.24, 2.45) is 5.84 Å². The predicted molar refractivity (Wildman–Crippen MR) is 184 cm³/mol. The maximum absolute atomic E-state index is 13.2. The number of nitrogens with zero attached hydrogens (tertiary/aromatic N) is 4. The third-order valence-corrected chi connectivity index (χ3v) is 9.83. The fraction of sp³-hybridized carbons (Fsp3) is 0.429. The van der Waals surface area contributed by atoms with Gasteiger partial charge in [0.15, 0.2) is 0 Å². The van der Waals surface area contributed by atoms with Crippen LogP contribution in [0.25, 0.3) is 11.3 Å². The zero-order valence-corrected chi connectivity index (χ0v) is 28.5. The molecular weight excluding hydrogens is 653 g/mol. The Labute approximate surface area is 290 Å². The molecule has 2 fully saturated rings. The normalized spacial score (nSPS) is 20.8. The second-order valence-corrected chi connectivity index (χ2v) is 13.2. The molecule has 2 bridgehead atoms. The van der Waals surface area contributed by atoms with Gasteiger partial charge in [0.2, 0.25) is 11.6 Å². The lowest BCUT2D eigenvalue weighted by atomic mass is 9.76. The molecule has 4 heterocycles. The van der Waals surface area contributed by atoms with Gasteiger partial charge in [-0.2, -0.15) is 5.10 Å². The lowest BCUT2D eigenvalue weighted by Gasteiger charge is -2.40. The van der Waals surface area contributed by atoms with Crippen molar-refractivity contribution in [3.8, 4) is 23.1 Å². The summed E-state index contributed by atoms with van der Waals surface area (Å²) in [6.45, 7) is 7.48. The highest BCUT2D eigenvalue weighted by Crippen LogP contribution is 2.46. The largest absolute Gasteiger partial charge is 0.379 e. The Morgan fingerprint density at radius 3 is 2.67 bits per heavy atom. The van der Waals surface area contributed by atoms with Crippen LogP contribution in [-0.4, -0.2) is 96.2 Å². The summed E-state index contributed by atoms with van der Waals surface area (Å²) in [5.74, 6) is 10.7. The number of amides is 1. The van der Waals surface area contributed by atoms with Crippen molar-refractivity contribution in [1.29, 1.82) is 0 Å². The third-order valence-electron chi connectivity index (χ3n) is 9.17. The number of nitrogens with one attached hydrogen (secondary N) is 2. The quantitative estimate of drug-likeness (QED) is 0.127. The molecule has 0 saturated carbocycles. The van der Waals surface area contributed by atoms with Crippen LogP contribution in [0.2, 0.25) is 10.0 Å². The molecule has 3 atom stereocenters. The average molecular weight is 693 g/mol. The maximum atomic E-state index is 13.2. The highest BCUT2D eigenvalue weighted by atomic mass is 35.5. The standard InChI is InChI=1S/C35H39Cl2N7O4/c1-21-20-48-16-15-42(21)13-4-14-44-31-26-19-43(38)32(34(46)33(26)45)29(31)30(41-44)24-8-10-27(36)23(18-24)7-5-22-6-9-28(37)25(17-22)35(47)40-12-3-11-39-2/h6,8-10,17-18,21,26,32,39H,3-4,11-16,19-20,38H2,1-2H3,(H,40,47)/t21?,26?,32-/m0/s1. The van der Waals surface area contributed by atoms with Gasteiger partial charge in [0, 0.05) is 61.0 Å². The van der Waals surface area contributed by atoms with E-state index in [-0.39, 0.29) is 12.5 Å². The van der Waals surface area contributed by atoms with Crippen LogP contribution >= 0.6 is 23.2 Å². The van der Waals surface area contributed by atoms with Crippen LogP contribution in [0.1, 0.15) is 64.5 Å². The molecule has 4 aliphatic rings. The molecule has 7 rings (SSSR count). The van der Waals surface area contributed by atoms with Crippen LogP contribution in [0.15, 0.2) is 36.4 Å². The molecule has 0 radical (unpaired) electrons. The number of ether oxygens (including phenoxy) is 1. The molecule has 252 valence electrons. The zero-order valence-electron chi connectivity index (χ0n) is 27.0. The number of hydrogen-bond donors (Lipinski definition) is 3. The highest BCUT2D eigenvalue weighted by molar-refractivity contribution is 6.43. The topological polar surface area (TPSA) is 135 Å². The van der Waals surface area contributed by atoms with E-state index in [1.54, 1.807) is 24.3 Å². The molecule has 1 aromatic heterocycles. The van der Waals surface area contributed by atoms with Crippen molar-refractivity contribution >= 4 is 40.7 Å². The number of rotatable bonds is 10. The van der Waals surface area contributed by atoms with Crippen LogP contribution < -0.4 is 16.5 Å². The molecule has 11 nitrogen and oxygen atoms in total. The lowest BCUT2D eigenvalue weighted by Crippen LogP contribution is -2.56. The van der Waals surface area contributed by atoms with Gasteiger partial charge in [0.05, 0.1) is 46.1 Å². The number of hydrogen-bond acceptors (Lipinski definition) is 9. The van der Waals surface area contributed by atoms with E-state index in [2.05, 4.69) is 34.3 Å². The Hall–Kier alpha value is -3.60. The molecule has 0 spiro atoms. The summed E-state index contributed by atoms with van der Waals surface area (Å²) >= 11 is 13.0. The summed E-state index contributed by atoms with van der Waals surface area (Å²) in [4.78, 5) is 41.4. The van der Waals surface area contributed by atoms with Crippen LogP contribution in [0.5, 0.6) is 0 Å². The summed E-state index contributed by atoms with van der Waals surface area (Å²) in [6, 6.07) is 9.90. The van der Waals surface area contributed by atoms with Gasteiger partial charge in [-0.3, -0.25) is 29.8 Å². The molecule has 4 N–H and O–H groups in total. The second-order valence-electron chi connectivity index (χ2n) is 12.4. The first kappa shape index (κ1) is 34.3. The number of benzene rings is 2. The van der Waals surface area contributed by atoms with E-state index in [1.807, 2.05) is 23.9 Å².